The Morgan fingerprint density at radius 3 is 2.82 bits per heavy atom. The average Bonchev–Trinajstić information content (AvgIpc) is 2.64. The van der Waals surface area contributed by atoms with Crippen LogP contribution in [0.5, 0.6) is 0 Å². The summed E-state index contributed by atoms with van der Waals surface area (Å²) in [7, 11) is 1.95. The number of aromatic nitrogens is 1. The highest BCUT2D eigenvalue weighted by molar-refractivity contribution is 6.10. The third-order valence-electron chi connectivity index (χ3n) is 3.19. The second-order valence-electron chi connectivity index (χ2n) is 4.55. The van der Waals surface area contributed by atoms with Crippen molar-refractivity contribution in [2.45, 2.75) is 26.3 Å². The highest BCUT2D eigenvalue weighted by atomic mass is 16.1. The molecule has 0 fully saturated rings. The maximum Gasteiger partial charge on any atom is 0.181 e. The van der Waals surface area contributed by atoms with Crippen LogP contribution in [0.2, 0.25) is 0 Å². The summed E-state index contributed by atoms with van der Waals surface area (Å²) in [4.78, 5) is 12.2. The van der Waals surface area contributed by atoms with Crippen molar-refractivity contribution in [3.8, 4) is 0 Å². The highest BCUT2D eigenvalue weighted by Gasteiger charge is 2.18. The molecule has 3 nitrogen and oxygen atoms in total. The van der Waals surface area contributed by atoms with Crippen LogP contribution in [0.15, 0.2) is 24.4 Å². The summed E-state index contributed by atoms with van der Waals surface area (Å²) in [6, 6.07) is 5.74. The molecule has 2 rings (SSSR count). The van der Waals surface area contributed by atoms with E-state index in [1.54, 1.807) is 0 Å². The number of carbonyl (C=O) groups is 1. The fourth-order valence-corrected chi connectivity index (χ4v) is 2.09. The van der Waals surface area contributed by atoms with Crippen LogP contribution in [-0.2, 0) is 7.05 Å². The molecule has 1 unspecified atom stereocenters. The molecule has 1 aromatic carbocycles. The van der Waals surface area contributed by atoms with Crippen LogP contribution >= 0.6 is 0 Å². The first kappa shape index (κ1) is 11.9. The standard InChI is InChI=1S/C14H18N2O/c1-4-12(15)14(17)11-8-16(3)13-6-5-9(2)7-10(11)13/h5-8,12H,4,15H2,1-3H3. The molecule has 17 heavy (non-hydrogen) atoms. The number of aryl methyl sites for hydroxylation is 2. The third kappa shape index (κ3) is 1.98. The summed E-state index contributed by atoms with van der Waals surface area (Å²) in [5, 5.41) is 1.00. The van der Waals surface area contributed by atoms with Crippen molar-refractivity contribution in [3.05, 3.63) is 35.5 Å². The zero-order valence-corrected chi connectivity index (χ0v) is 10.5. The molecule has 0 amide bonds. The summed E-state index contributed by atoms with van der Waals surface area (Å²) >= 11 is 0. The molecule has 0 bridgehead atoms. The Balaban J connectivity index is 2.62. The van der Waals surface area contributed by atoms with Crippen LogP contribution in [0.1, 0.15) is 29.3 Å². The number of ketones is 1. The molecule has 1 aromatic heterocycles. The minimum Gasteiger partial charge on any atom is -0.350 e. The number of rotatable bonds is 3. The minimum absolute atomic E-state index is 0.0312. The first-order valence-electron chi connectivity index (χ1n) is 5.90. The molecule has 0 saturated heterocycles. The number of nitrogens with two attached hydrogens (primary N) is 1. The number of Topliss-reactive ketones (excluding diaryl/α,β-unsaturated/α-hetero) is 1. The zero-order valence-electron chi connectivity index (χ0n) is 10.5. The maximum absolute atomic E-state index is 12.2. The second kappa shape index (κ2) is 4.34. The van der Waals surface area contributed by atoms with Gasteiger partial charge in [-0.3, -0.25) is 4.79 Å². The fraction of sp³-hybridized carbons (Fsp3) is 0.357. The molecule has 90 valence electrons. The number of hydrogen-bond acceptors (Lipinski definition) is 2. The van der Waals surface area contributed by atoms with Crippen LogP contribution < -0.4 is 5.73 Å². The third-order valence-corrected chi connectivity index (χ3v) is 3.19. The Kier molecular flexibility index (Phi) is 3.03. The van der Waals surface area contributed by atoms with Gasteiger partial charge in [0.2, 0.25) is 0 Å². The molecule has 3 heteroatoms. The Morgan fingerprint density at radius 1 is 1.47 bits per heavy atom. The summed E-state index contributed by atoms with van der Waals surface area (Å²) < 4.78 is 1.98. The summed E-state index contributed by atoms with van der Waals surface area (Å²) in [5.74, 6) is 0.0312. The molecular weight excluding hydrogens is 212 g/mol. The lowest BCUT2D eigenvalue weighted by Crippen LogP contribution is -2.29. The van der Waals surface area contributed by atoms with E-state index >= 15 is 0 Å². The number of fused-ring (bicyclic) bond motifs is 1. The molecule has 0 aliphatic carbocycles. The molecule has 2 N–H and O–H groups in total. The molecule has 1 atom stereocenters. The number of carbonyl (C=O) groups excluding carboxylic acids is 1. The van der Waals surface area contributed by atoms with Crippen LogP contribution in [0.4, 0.5) is 0 Å². The summed E-state index contributed by atoms with van der Waals surface area (Å²) in [5.41, 5.74) is 8.79. The van der Waals surface area contributed by atoms with Gasteiger partial charge in [-0.15, -0.1) is 0 Å². The van der Waals surface area contributed by atoms with E-state index in [1.807, 2.05) is 43.8 Å². The van der Waals surface area contributed by atoms with Crippen molar-refractivity contribution >= 4 is 16.7 Å². The van der Waals surface area contributed by atoms with Gasteiger partial charge in [-0.05, 0) is 25.5 Å². The van der Waals surface area contributed by atoms with E-state index in [4.69, 9.17) is 5.73 Å². The van der Waals surface area contributed by atoms with E-state index in [0.29, 0.717) is 6.42 Å². The molecule has 2 aromatic rings. The maximum atomic E-state index is 12.2. The van der Waals surface area contributed by atoms with Crippen molar-refractivity contribution in [2.24, 2.45) is 12.8 Å². The first-order chi connectivity index (χ1) is 8.04. The summed E-state index contributed by atoms with van der Waals surface area (Å²) in [6.07, 6.45) is 2.54. The lowest BCUT2D eigenvalue weighted by atomic mass is 10.0. The number of benzene rings is 1. The monoisotopic (exact) mass is 230 g/mol. The molecule has 1 heterocycles. The average molecular weight is 230 g/mol. The molecule has 0 aliphatic rings. The van der Waals surface area contributed by atoms with Crippen LogP contribution in [0, 0.1) is 6.92 Å². The minimum atomic E-state index is -0.402. The lowest BCUT2D eigenvalue weighted by molar-refractivity contribution is 0.0961. The van der Waals surface area contributed by atoms with Gasteiger partial charge >= 0.3 is 0 Å². The highest BCUT2D eigenvalue weighted by Crippen LogP contribution is 2.23. The fourth-order valence-electron chi connectivity index (χ4n) is 2.09. The van der Waals surface area contributed by atoms with E-state index in [0.717, 1.165) is 22.0 Å². The van der Waals surface area contributed by atoms with Gasteiger partial charge in [-0.1, -0.05) is 18.6 Å². The predicted molar refractivity (Wildman–Crippen MR) is 70.3 cm³/mol. The number of hydrogen-bond donors (Lipinski definition) is 1. The van der Waals surface area contributed by atoms with Gasteiger partial charge in [0.15, 0.2) is 5.78 Å². The van der Waals surface area contributed by atoms with E-state index in [1.165, 1.54) is 0 Å². The topological polar surface area (TPSA) is 48.0 Å². The molecule has 0 spiro atoms. The molecule has 0 saturated carbocycles. The van der Waals surface area contributed by atoms with Crippen molar-refractivity contribution in [2.75, 3.05) is 0 Å². The lowest BCUT2D eigenvalue weighted by Gasteiger charge is -2.06. The summed E-state index contributed by atoms with van der Waals surface area (Å²) in [6.45, 7) is 3.96. The van der Waals surface area contributed by atoms with Crippen LogP contribution in [-0.4, -0.2) is 16.4 Å². The number of nitrogens with zero attached hydrogens (tertiary/aromatic N) is 1. The quantitative estimate of drug-likeness (QED) is 0.823. The van der Waals surface area contributed by atoms with E-state index in [2.05, 4.69) is 6.07 Å². The second-order valence-corrected chi connectivity index (χ2v) is 4.55. The van der Waals surface area contributed by atoms with Crippen molar-refractivity contribution in [1.29, 1.82) is 0 Å². The van der Waals surface area contributed by atoms with Gasteiger partial charge in [0.05, 0.1) is 6.04 Å². The Morgan fingerprint density at radius 2 is 2.18 bits per heavy atom. The van der Waals surface area contributed by atoms with Crippen molar-refractivity contribution in [3.63, 3.8) is 0 Å². The van der Waals surface area contributed by atoms with Gasteiger partial charge in [0.1, 0.15) is 0 Å². The van der Waals surface area contributed by atoms with E-state index in [9.17, 15) is 4.79 Å². The van der Waals surface area contributed by atoms with Gasteiger partial charge in [-0.2, -0.15) is 0 Å². The largest absolute Gasteiger partial charge is 0.350 e. The van der Waals surface area contributed by atoms with E-state index in [-0.39, 0.29) is 5.78 Å². The SMILES string of the molecule is CCC(N)C(=O)c1cn(C)c2ccc(C)cc12. The van der Waals surface area contributed by atoms with Gasteiger partial charge in [-0.25, -0.2) is 0 Å². The normalized spacial score (nSPS) is 12.9. The zero-order chi connectivity index (χ0) is 12.6. The van der Waals surface area contributed by atoms with Crippen LogP contribution in [0.3, 0.4) is 0 Å². The van der Waals surface area contributed by atoms with Gasteiger partial charge in [0, 0.05) is 29.7 Å². The molecule has 0 radical (unpaired) electrons. The van der Waals surface area contributed by atoms with Crippen molar-refractivity contribution < 1.29 is 4.79 Å². The molecule has 0 aliphatic heterocycles. The van der Waals surface area contributed by atoms with E-state index < -0.39 is 6.04 Å². The van der Waals surface area contributed by atoms with Crippen LogP contribution in [0.25, 0.3) is 10.9 Å². The van der Waals surface area contributed by atoms with Crippen molar-refractivity contribution in [1.82, 2.24) is 4.57 Å². The Labute approximate surface area is 101 Å². The van der Waals surface area contributed by atoms with Gasteiger partial charge < -0.3 is 10.3 Å². The first-order valence-corrected chi connectivity index (χ1v) is 5.90. The molecular formula is C14H18N2O. The Bertz CT molecular complexity index is 569. The Hall–Kier alpha value is -1.61. The van der Waals surface area contributed by atoms with Gasteiger partial charge in [0.25, 0.3) is 0 Å². The smallest absolute Gasteiger partial charge is 0.181 e. The predicted octanol–water partition coefficient (Wildman–Crippen LogP) is 2.41.